The van der Waals surface area contributed by atoms with Crippen LogP contribution in [0.3, 0.4) is 0 Å². The topological polar surface area (TPSA) is 37.4 Å². The van der Waals surface area contributed by atoms with E-state index in [1.807, 2.05) is 56.3 Å². The van der Waals surface area contributed by atoms with Crippen LogP contribution >= 0.6 is 23.4 Å². The monoisotopic (exact) mass is 371 g/mol. The van der Waals surface area contributed by atoms with Crippen molar-refractivity contribution in [3.8, 4) is 0 Å². The number of benzene rings is 2. The van der Waals surface area contributed by atoms with E-state index in [9.17, 15) is 9.59 Å². The van der Waals surface area contributed by atoms with Crippen LogP contribution in [0.1, 0.15) is 23.6 Å². The molecule has 3 rings (SSSR count). The van der Waals surface area contributed by atoms with Gasteiger partial charge in [0.2, 0.25) is 0 Å². The van der Waals surface area contributed by atoms with E-state index < -0.39 is 0 Å². The first-order valence-electron chi connectivity index (χ1n) is 8.06. The molecular weight excluding hydrogens is 354 g/mol. The molecule has 2 aromatic rings. The Morgan fingerprint density at radius 3 is 2.32 bits per heavy atom. The lowest BCUT2D eigenvalue weighted by molar-refractivity contribution is -0.137. The Kier molecular flexibility index (Phi) is 5.30. The predicted octanol–water partition coefficient (Wildman–Crippen LogP) is 4.68. The van der Waals surface area contributed by atoms with Gasteiger partial charge >= 0.3 is 0 Å². The first-order chi connectivity index (χ1) is 12.0. The molecule has 2 aromatic carbocycles. The second-order valence-electron chi connectivity index (χ2n) is 5.79. The molecule has 5 heteroatoms. The van der Waals surface area contributed by atoms with E-state index in [2.05, 4.69) is 0 Å². The molecule has 0 radical (unpaired) electrons. The maximum absolute atomic E-state index is 13.0. The van der Waals surface area contributed by atoms with Crippen molar-refractivity contribution in [2.75, 3.05) is 5.75 Å². The third kappa shape index (κ3) is 3.51. The molecule has 1 aliphatic rings. The summed E-state index contributed by atoms with van der Waals surface area (Å²) in [5.41, 5.74) is 3.14. The summed E-state index contributed by atoms with van der Waals surface area (Å²) in [5.74, 6) is 0.223. The molecular formula is C20H18ClNO2S. The molecule has 0 N–H and O–H groups in total. The third-order valence-electron chi connectivity index (χ3n) is 4.04. The molecule has 0 unspecified atom stereocenters. The van der Waals surface area contributed by atoms with Gasteiger partial charge < -0.3 is 0 Å². The van der Waals surface area contributed by atoms with Crippen LogP contribution in [0.15, 0.2) is 53.4 Å². The second-order valence-corrected chi connectivity index (χ2v) is 7.47. The molecule has 2 amide bonds. The molecule has 0 atom stereocenters. The van der Waals surface area contributed by atoms with Gasteiger partial charge in [-0.05, 0) is 29.9 Å². The van der Waals surface area contributed by atoms with Gasteiger partial charge in [0.05, 0.1) is 17.0 Å². The van der Waals surface area contributed by atoms with Gasteiger partial charge in [-0.3, -0.25) is 14.5 Å². The van der Waals surface area contributed by atoms with E-state index in [4.69, 9.17) is 11.6 Å². The van der Waals surface area contributed by atoms with Gasteiger partial charge in [0.15, 0.2) is 0 Å². The van der Waals surface area contributed by atoms with Crippen LogP contribution in [-0.2, 0) is 16.1 Å². The van der Waals surface area contributed by atoms with E-state index >= 15 is 0 Å². The van der Waals surface area contributed by atoms with Crippen LogP contribution in [0, 0.1) is 6.92 Å². The number of hydrogen-bond donors (Lipinski definition) is 0. The average Bonchev–Trinajstić information content (AvgIpc) is 2.83. The van der Waals surface area contributed by atoms with Crippen LogP contribution in [0.5, 0.6) is 0 Å². The van der Waals surface area contributed by atoms with E-state index in [0.29, 0.717) is 15.5 Å². The van der Waals surface area contributed by atoms with Crippen molar-refractivity contribution in [3.05, 3.63) is 75.1 Å². The molecule has 3 nitrogen and oxygen atoms in total. The molecule has 0 bridgehead atoms. The zero-order valence-electron chi connectivity index (χ0n) is 14.1. The van der Waals surface area contributed by atoms with E-state index in [0.717, 1.165) is 22.4 Å². The highest BCUT2D eigenvalue weighted by molar-refractivity contribution is 8.04. The van der Waals surface area contributed by atoms with Gasteiger partial charge in [-0.25, -0.2) is 0 Å². The molecule has 0 spiro atoms. The van der Waals surface area contributed by atoms with E-state index in [1.165, 1.54) is 16.7 Å². The molecule has 1 aliphatic heterocycles. The zero-order valence-corrected chi connectivity index (χ0v) is 15.7. The fourth-order valence-corrected chi connectivity index (χ4v) is 3.81. The summed E-state index contributed by atoms with van der Waals surface area (Å²) in [6.45, 7) is 4.14. The van der Waals surface area contributed by atoms with Crippen LogP contribution < -0.4 is 0 Å². The van der Waals surface area contributed by atoms with Crippen molar-refractivity contribution in [3.63, 3.8) is 0 Å². The van der Waals surface area contributed by atoms with Crippen molar-refractivity contribution in [1.82, 2.24) is 4.90 Å². The van der Waals surface area contributed by atoms with Gasteiger partial charge in [0.1, 0.15) is 0 Å². The highest BCUT2D eigenvalue weighted by Crippen LogP contribution is 2.37. The van der Waals surface area contributed by atoms with Crippen LogP contribution in [0.2, 0.25) is 5.02 Å². The van der Waals surface area contributed by atoms with E-state index in [1.54, 1.807) is 6.07 Å². The summed E-state index contributed by atoms with van der Waals surface area (Å²) < 4.78 is 0. The molecule has 1 heterocycles. The zero-order chi connectivity index (χ0) is 18.0. The van der Waals surface area contributed by atoms with Crippen LogP contribution in [-0.4, -0.2) is 22.5 Å². The smallest absolute Gasteiger partial charge is 0.268 e. The Balaban J connectivity index is 1.98. The Morgan fingerprint density at radius 1 is 1.00 bits per heavy atom. The molecule has 0 fully saturated rings. The standard InChI is InChI=1S/C20H18ClNO2S/c1-3-25-18-17(14-10-8-13(2)9-11-14)19(23)22(20(18)24)12-15-6-4-5-7-16(15)21/h4-11H,3,12H2,1-2H3. The fourth-order valence-electron chi connectivity index (χ4n) is 2.75. The number of aryl methyl sites for hydroxylation is 1. The quantitative estimate of drug-likeness (QED) is 0.716. The van der Waals surface area contributed by atoms with Crippen molar-refractivity contribution < 1.29 is 9.59 Å². The molecule has 0 aromatic heterocycles. The number of nitrogens with zero attached hydrogens (tertiary/aromatic N) is 1. The molecule has 0 saturated heterocycles. The van der Waals surface area contributed by atoms with Gasteiger partial charge in [-0.15, -0.1) is 11.8 Å². The Morgan fingerprint density at radius 2 is 1.68 bits per heavy atom. The summed E-state index contributed by atoms with van der Waals surface area (Å²) in [6, 6.07) is 15.0. The lowest BCUT2D eigenvalue weighted by Crippen LogP contribution is -2.31. The average molecular weight is 372 g/mol. The Labute approximate surface area is 156 Å². The fraction of sp³-hybridized carbons (Fsp3) is 0.200. The minimum Gasteiger partial charge on any atom is -0.269 e. The van der Waals surface area contributed by atoms with Gasteiger partial charge in [0, 0.05) is 5.02 Å². The van der Waals surface area contributed by atoms with Gasteiger partial charge in [-0.1, -0.05) is 66.6 Å². The molecule has 0 saturated carbocycles. The Hall–Kier alpha value is -2.04. The van der Waals surface area contributed by atoms with Crippen LogP contribution in [0.4, 0.5) is 0 Å². The maximum Gasteiger partial charge on any atom is 0.268 e. The van der Waals surface area contributed by atoms with Crippen molar-refractivity contribution in [2.45, 2.75) is 20.4 Å². The lowest BCUT2D eigenvalue weighted by atomic mass is 10.0. The number of amides is 2. The Bertz CT molecular complexity index is 858. The molecule has 128 valence electrons. The minimum absolute atomic E-state index is 0.181. The summed E-state index contributed by atoms with van der Waals surface area (Å²) in [7, 11) is 0. The maximum atomic E-state index is 13.0. The normalized spacial score (nSPS) is 14.6. The summed E-state index contributed by atoms with van der Waals surface area (Å²) in [4.78, 5) is 27.7. The molecule has 0 aliphatic carbocycles. The number of carbonyl (C=O) groups is 2. The van der Waals surface area contributed by atoms with Crippen molar-refractivity contribution in [1.29, 1.82) is 0 Å². The SMILES string of the molecule is CCSC1=C(c2ccc(C)cc2)C(=O)N(Cc2ccccc2Cl)C1=O. The number of imide groups is 1. The summed E-state index contributed by atoms with van der Waals surface area (Å²) in [5, 5.41) is 0.552. The second kappa shape index (κ2) is 7.46. The van der Waals surface area contributed by atoms with E-state index in [-0.39, 0.29) is 18.4 Å². The van der Waals surface area contributed by atoms with Crippen molar-refractivity contribution in [2.24, 2.45) is 0 Å². The first-order valence-corrected chi connectivity index (χ1v) is 9.43. The summed E-state index contributed by atoms with van der Waals surface area (Å²) in [6.07, 6.45) is 0. The summed E-state index contributed by atoms with van der Waals surface area (Å²) >= 11 is 7.61. The minimum atomic E-state index is -0.260. The van der Waals surface area contributed by atoms with Gasteiger partial charge in [-0.2, -0.15) is 0 Å². The number of hydrogen-bond acceptors (Lipinski definition) is 3. The number of thioether (sulfide) groups is 1. The first kappa shape index (κ1) is 17.8. The predicted molar refractivity (Wildman–Crippen MR) is 103 cm³/mol. The number of halogens is 1. The van der Waals surface area contributed by atoms with Crippen molar-refractivity contribution >= 4 is 40.8 Å². The number of carbonyl (C=O) groups excluding carboxylic acids is 2. The highest BCUT2D eigenvalue weighted by atomic mass is 35.5. The molecule has 25 heavy (non-hydrogen) atoms. The third-order valence-corrected chi connectivity index (χ3v) is 5.37. The van der Waals surface area contributed by atoms with Crippen LogP contribution in [0.25, 0.3) is 5.57 Å². The lowest BCUT2D eigenvalue weighted by Gasteiger charge is -2.16. The largest absolute Gasteiger partial charge is 0.269 e. The van der Waals surface area contributed by atoms with Gasteiger partial charge in [0.25, 0.3) is 11.8 Å². The highest BCUT2D eigenvalue weighted by Gasteiger charge is 2.39. The number of rotatable bonds is 5.